The fourth-order valence-corrected chi connectivity index (χ4v) is 3.20. The minimum absolute atomic E-state index is 0.0435. The molecule has 0 aromatic heterocycles. The number of thiocarbonyl (C=S) groups is 1. The minimum Gasteiger partial charge on any atom is -0.490 e. The Balaban J connectivity index is 1.44. The monoisotopic (exact) mass is 513 g/mol. The summed E-state index contributed by atoms with van der Waals surface area (Å²) in [5.74, 6) is 0.443. The average molecular weight is 514 g/mol. The molecule has 0 unspecified atom stereocenters. The molecule has 0 spiro atoms. The SMILES string of the molecule is O=C(NC(=S)NNC(=O)c1ccccc1Br)c1cccc(OCCOc2ccccc2)c1. The molecule has 0 atom stereocenters. The van der Waals surface area contributed by atoms with Crippen LogP contribution in [0.2, 0.25) is 0 Å². The molecule has 0 aliphatic carbocycles. The van der Waals surface area contributed by atoms with Gasteiger partial charge in [0, 0.05) is 10.0 Å². The van der Waals surface area contributed by atoms with Crippen LogP contribution in [-0.4, -0.2) is 30.1 Å². The molecular weight excluding hydrogens is 494 g/mol. The number of hydrogen-bond acceptors (Lipinski definition) is 5. The van der Waals surface area contributed by atoms with Gasteiger partial charge in [0.15, 0.2) is 5.11 Å². The van der Waals surface area contributed by atoms with Crippen molar-refractivity contribution in [1.82, 2.24) is 16.2 Å². The van der Waals surface area contributed by atoms with Gasteiger partial charge in [0.25, 0.3) is 11.8 Å². The molecule has 0 saturated heterocycles. The summed E-state index contributed by atoms with van der Waals surface area (Å²) in [5.41, 5.74) is 5.73. The van der Waals surface area contributed by atoms with E-state index in [-0.39, 0.29) is 5.11 Å². The second-order valence-electron chi connectivity index (χ2n) is 6.38. The Hall–Kier alpha value is -3.43. The summed E-state index contributed by atoms with van der Waals surface area (Å²) in [6.45, 7) is 0.687. The average Bonchev–Trinajstić information content (AvgIpc) is 2.81. The van der Waals surface area contributed by atoms with E-state index in [9.17, 15) is 9.59 Å². The van der Waals surface area contributed by atoms with Crippen molar-refractivity contribution in [2.24, 2.45) is 0 Å². The maximum atomic E-state index is 12.5. The molecule has 0 aliphatic rings. The highest BCUT2D eigenvalue weighted by Crippen LogP contribution is 2.15. The van der Waals surface area contributed by atoms with Crippen LogP contribution in [0.1, 0.15) is 20.7 Å². The number of rotatable bonds is 7. The Morgan fingerprint density at radius 1 is 0.781 bits per heavy atom. The molecule has 3 aromatic carbocycles. The highest BCUT2D eigenvalue weighted by molar-refractivity contribution is 9.10. The molecule has 0 heterocycles. The summed E-state index contributed by atoms with van der Waals surface area (Å²) in [6.07, 6.45) is 0. The maximum Gasteiger partial charge on any atom is 0.270 e. The van der Waals surface area contributed by atoms with Gasteiger partial charge in [-0.1, -0.05) is 36.4 Å². The van der Waals surface area contributed by atoms with Gasteiger partial charge in [-0.25, -0.2) is 0 Å². The van der Waals surface area contributed by atoms with Gasteiger partial charge in [0.2, 0.25) is 0 Å². The van der Waals surface area contributed by atoms with Gasteiger partial charge in [-0.3, -0.25) is 25.8 Å². The Morgan fingerprint density at radius 3 is 2.19 bits per heavy atom. The summed E-state index contributed by atoms with van der Waals surface area (Å²) in [4.78, 5) is 24.6. The van der Waals surface area contributed by atoms with E-state index in [4.69, 9.17) is 21.7 Å². The van der Waals surface area contributed by atoms with Gasteiger partial charge >= 0.3 is 0 Å². The minimum atomic E-state index is -0.441. The van der Waals surface area contributed by atoms with E-state index < -0.39 is 11.8 Å². The molecule has 0 aliphatic heterocycles. The number of carbonyl (C=O) groups is 2. The number of carbonyl (C=O) groups excluding carboxylic acids is 2. The van der Waals surface area contributed by atoms with Crippen molar-refractivity contribution in [1.29, 1.82) is 0 Å². The van der Waals surface area contributed by atoms with Crippen LogP contribution < -0.4 is 25.6 Å². The quantitative estimate of drug-likeness (QED) is 0.252. The van der Waals surface area contributed by atoms with Gasteiger partial charge < -0.3 is 9.47 Å². The van der Waals surface area contributed by atoms with Gasteiger partial charge in [-0.05, 0) is 70.6 Å². The molecule has 164 valence electrons. The first-order chi connectivity index (χ1) is 15.5. The van der Waals surface area contributed by atoms with Crippen molar-refractivity contribution in [3.63, 3.8) is 0 Å². The first-order valence-corrected chi connectivity index (χ1v) is 10.8. The van der Waals surface area contributed by atoms with Crippen LogP contribution in [0.3, 0.4) is 0 Å². The second kappa shape index (κ2) is 11.8. The smallest absolute Gasteiger partial charge is 0.270 e. The summed E-state index contributed by atoms with van der Waals surface area (Å²) in [7, 11) is 0. The number of para-hydroxylation sites is 1. The van der Waals surface area contributed by atoms with Crippen molar-refractivity contribution in [2.45, 2.75) is 0 Å². The molecule has 3 N–H and O–H groups in total. The van der Waals surface area contributed by atoms with Crippen LogP contribution in [0, 0.1) is 0 Å². The van der Waals surface area contributed by atoms with Crippen molar-refractivity contribution < 1.29 is 19.1 Å². The number of amides is 2. The van der Waals surface area contributed by atoms with E-state index in [1.165, 1.54) is 0 Å². The van der Waals surface area contributed by atoms with Gasteiger partial charge in [0.1, 0.15) is 24.7 Å². The summed E-state index contributed by atoms with van der Waals surface area (Å²) < 4.78 is 11.9. The lowest BCUT2D eigenvalue weighted by atomic mass is 10.2. The van der Waals surface area contributed by atoms with E-state index in [1.807, 2.05) is 30.3 Å². The van der Waals surface area contributed by atoms with E-state index >= 15 is 0 Å². The van der Waals surface area contributed by atoms with Crippen molar-refractivity contribution in [3.8, 4) is 11.5 Å². The fraction of sp³-hybridized carbons (Fsp3) is 0.0870. The van der Waals surface area contributed by atoms with E-state index in [1.54, 1.807) is 48.5 Å². The van der Waals surface area contributed by atoms with Crippen LogP contribution >= 0.6 is 28.1 Å². The number of halogens is 1. The summed E-state index contributed by atoms with van der Waals surface area (Å²) >= 11 is 8.38. The molecule has 0 bridgehead atoms. The van der Waals surface area contributed by atoms with E-state index in [2.05, 4.69) is 32.1 Å². The number of hydrazine groups is 1. The van der Waals surface area contributed by atoms with Crippen LogP contribution in [-0.2, 0) is 0 Å². The molecule has 0 fully saturated rings. The van der Waals surface area contributed by atoms with Gasteiger partial charge in [0.05, 0.1) is 5.56 Å². The predicted molar refractivity (Wildman–Crippen MR) is 129 cm³/mol. The topological polar surface area (TPSA) is 88.7 Å². The molecular formula is C23H20BrN3O4S. The second-order valence-corrected chi connectivity index (χ2v) is 7.64. The fourth-order valence-electron chi connectivity index (χ4n) is 2.60. The third-order valence-electron chi connectivity index (χ3n) is 4.10. The molecule has 9 heteroatoms. The lowest BCUT2D eigenvalue weighted by Gasteiger charge is -2.12. The first kappa shape index (κ1) is 23.2. The zero-order valence-electron chi connectivity index (χ0n) is 16.8. The molecule has 3 aromatic rings. The summed E-state index contributed by atoms with van der Waals surface area (Å²) in [6, 6.07) is 23.0. The standard InChI is InChI=1S/C23H20BrN3O4S/c24-20-12-5-4-11-19(20)22(29)26-27-23(32)25-21(28)16-7-6-10-18(15-16)31-14-13-30-17-8-2-1-3-9-17/h1-12,15H,13-14H2,(H,26,29)(H2,25,27,28,32). The Bertz CT molecular complexity index is 1100. The molecule has 0 radical (unpaired) electrons. The third-order valence-corrected chi connectivity index (χ3v) is 4.99. The highest BCUT2D eigenvalue weighted by Gasteiger charge is 2.12. The lowest BCUT2D eigenvalue weighted by molar-refractivity contribution is 0.0934. The first-order valence-electron chi connectivity index (χ1n) is 9.60. The Kier molecular flexibility index (Phi) is 8.59. The van der Waals surface area contributed by atoms with E-state index in [0.29, 0.717) is 34.6 Å². The predicted octanol–water partition coefficient (Wildman–Crippen LogP) is 3.86. The number of benzene rings is 3. The number of hydrogen-bond donors (Lipinski definition) is 3. The number of nitrogens with one attached hydrogen (secondary N) is 3. The Labute approximate surface area is 199 Å². The van der Waals surface area contributed by atoms with Crippen LogP contribution in [0.25, 0.3) is 0 Å². The Morgan fingerprint density at radius 2 is 1.44 bits per heavy atom. The zero-order valence-corrected chi connectivity index (χ0v) is 19.2. The lowest BCUT2D eigenvalue weighted by Crippen LogP contribution is -2.48. The van der Waals surface area contributed by atoms with E-state index in [0.717, 1.165) is 5.75 Å². The number of ether oxygens (including phenoxy) is 2. The van der Waals surface area contributed by atoms with Gasteiger partial charge in [-0.15, -0.1) is 0 Å². The molecule has 2 amide bonds. The van der Waals surface area contributed by atoms with Crippen LogP contribution in [0.5, 0.6) is 11.5 Å². The van der Waals surface area contributed by atoms with Crippen LogP contribution in [0.15, 0.2) is 83.3 Å². The van der Waals surface area contributed by atoms with Crippen molar-refractivity contribution in [3.05, 3.63) is 94.5 Å². The summed E-state index contributed by atoms with van der Waals surface area (Å²) in [5, 5.41) is 2.46. The molecule has 3 rings (SSSR count). The largest absolute Gasteiger partial charge is 0.490 e. The van der Waals surface area contributed by atoms with Crippen LogP contribution in [0.4, 0.5) is 0 Å². The molecule has 7 nitrogen and oxygen atoms in total. The molecule has 0 saturated carbocycles. The highest BCUT2D eigenvalue weighted by atomic mass is 79.9. The zero-order chi connectivity index (χ0) is 22.8. The van der Waals surface area contributed by atoms with Crippen molar-refractivity contribution >= 4 is 45.1 Å². The third kappa shape index (κ3) is 7.07. The maximum absolute atomic E-state index is 12.5. The normalized spacial score (nSPS) is 10.0. The van der Waals surface area contributed by atoms with Crippen molar-refractivity contribution in [2.75, 3.05) is 13.2 Å². The molecule has 32 heavy (non-hydrogen) atoms. The van der Waals surface area contributed by atoms with Gasteiger partial charge in [-0.2, -0.15) is 0 Å².